The van der Waals surface area contributed by atoms with Crippen molar-refractivity contribution in [3.63, 3.8) is 0 Å². The number of nitrogen functional groups attached to an aromatic ring is 1. The molecule has 2 rings (SSSR count). The Morgan fingerprint density at radius 2 is 2.33 bits per heavy atom. The number of nitrogens with two attached hydrogens (primary N) is 1. The van der Waals surface area contributed by atoms with Crippen molar-refractivity contribution in [3.05, 3.63) is 29.3 Å². The number of anilines is 1. The molecule has 0 fully saturated rings. The van der Waals surface area contributed by atoms with Crippen LogP contribution in [0.2, 0.25) is 0 Å². The average molecular weight is 178 g/mol. The molecular weight excluding hydrogens is 168 g/mol. The SMILES string of the molecule is CSC1=NCc2ccc(N)cc21. The highest BCUT2D eigenvalue weighted by atomic mass is 32.2. The third-order valence-corrected chi connectivity index (χ3v) is 2.69. The Morgan fingerprint density at radius 3 is 3.08 bits per heavy atom. The summed E-state index contributed by atoms with van der Waals surface area (Å²) in [5.74, 6) is 0. The molecule has 3 heteroatoms. The molecule has 0 spiro atoms. The van der Waals surface area contributed by atoms with Gasteiger partial charge in [0.2, 0.25) is 0 Å². The topological polar surface area (TPSA) is 38.4 Å². The van der Waals surface area contributed by atoms with E-state index in [0.29, 0.717) is 0 Å². The Bertz CT molecular complexity index is 344. The summed E-state index contributed by atoms with van der Waals surface area (Å²) in [5, 5.41) is 1.11. The zero-order valence-electron chi connectivity index (χ0n) is 6.87. The van der Waals surface area contributed by atoms with E-state index in [1.54, 1.807) is 11.8 Å². The van der Waals surface area contributed by atoms with Crippen LogP contribution in [-0.2, 0) is 6.54 Å². The van der Waals surface area contributed by atoms with E-state index < -0.39 is 0 Å². The smallest absolute Gasteiger partial charge is 0.0982 e. The van der Waals surface area contributed by atoms with Crippen LogP contribution in [0.1, 0.15) is 11.1 Å². The van der Waals surface area contributed by atoms with Gasteiger partial charge < -0.3 is 5.73 Å². The molecule has 12 heavy (non-hydrogen) atoms. The summed E-state index contributed by atoms with van der Waals surface area (Å²) in [7, 11) is 0. The van der Waals surface area contributed by atoms with Crippen LogP contribution in [0.15, 0.2) is 23.2 Å². The molecule has 2 nitrogen and oxygen atoms in total. The van der Waals surface area contributed by atoms with E-state index >= 15 is 0 Å². The molecule has 0 saturated carbocycles. The normalized spacial score (nSPS) is 14.2. The maximum Gasteiger partial charge on any atom is 0.0982 e. The van der Waals surface area contributed by atoms with Crippen molar-refractivity contribution in [1.82, 2.24) is 0 Å². The van der Waals surface area contributed by atoms with Crippen molar-refractivity contribution in [2.45, 2.75) is 6.54 Å². The van der Waals surface area contributed by atoms with Gasteiger partial charge in [-0.2, -0.15) is 0 Å². The molecule has 0 saturated heterocycles. The van der Waals surface area contributed by atoms with Crippen molar-refractivity contribution in [2.75, 3.05) is 12.0 Å². The van der Waals surface area contributed by atoms with Gasteiger partial charge >= 0.3 is 0 Å². The van der Waals surface area contributed by atoms with E-state index in [-0.39, 0.29) is 0 Å². The lowest BCUT2D eigenvalue weighted by Gasteiger charge is -2.00. The first-order valence-electron chi connectivity index (χ1n) is 3.78. The van der Waals surface area contributed by atoms with Crippen LogP contribution < -0.4 is 5.73 Å². The Kier molecular flexibility index (Phi) is 1.81. The van der Waals surface area contributed by atoms with Gasteiger partial charge in [0.1, 0.15) is 0 Å². The fraction of sp³-hybridized carbons (Fsp3) is 0.222. The minimum Gasteiger partial charge on any atom is -0.399 e. The Balaban J connectivity index is 2.50. The van der Waals surface area contributed by atoms with Crippen LogP contribution in [0.5, 0.6) is 0 Å². The van der Waals surface area contributed by atoms with Gasteiger partial charge in [-0.3, -0.25) is 4.99 Å². The van der Waals surface area contributed by atoms with E-state index in [0.717, 1.165) is 17.3 Å². The number of thioether (sulfide) groups is 1. The summed E-state index contributed by atoms with van der Waals surface area (Å²) >= 11 is 1.68. The minimum atomic E-state index is 0.811. The highest BCUT2D eigenvalue weighted by Crippen LogP contribution is 2.25. The molecule has 62 valence electrons. The monoisotopic (exact) mass is 178 g/mol. The first kappa shape index (κ1) is 7.68. The second-order valence-electron chi connectivity index (χ2n) is 2.74. The molecule has 0 amide bonds. The molecule has 2 N–H and O–H groups in total. The third-order valence-electron chi connectivity index (χ3n) is 1.95. The fourth-order valence-electron chi connectivity index (χ4n) is 1.35. The van der Waals surface area contributed by atoms with Crippen molar-refractivity contribution >= 4 is 22.5 Å². The van der Waals surface area contributed by atoms with Gasteiger partial charge in [0.25, 0.3) is 0 Å². The van der Waals surface area contributed by atoms with Crippen molar-refractivity contribution < 1.29 is 0 Å². The maximum absolute atomic E-state index is 5.68. The van der Waals surface area contributed by atoms with Crippen molar-refractivity contribution in [2.24, 2.45) is 4.99 Å². The molecule has 0 unspecified atom stereocenters. The molecule has 0 atom stereocenters. The molecule has 1 aromatic rings. The first-order chi connectivity index (χ1) is 5.81. The van der Waals surface area contributed by atoms with Gasteiger partial charge in [-0.05, 0) is 24.0 Å². The van der Waals surface area contributed by atoms with E-state index in [2.05, 4.69) is 11.1 Å². The van der Waals surface area contributed by atoms with Crippen LogP contribution in [0, 0.1) is 0 Å². The molecule has 0 aliphatic carbocycles. The molecule has 1 heterocycles. The molecule has 0 bridgehead atoms. The van der Waals surface area contributed by atoms with E-state index in [4.69, 9.17) is 5.73 Å². The predicted molar refractivity (Wildman–Crippen MR) is 54.6 cm³/mol. The number of rotatable bonds is 0. The van der Waals surface area contributed by atoms with Crippen LogP contribution in [-0.4, -0.2) is 11.3 Å². The summed E-state index contributed by atoms with van der Waals surface area (Å²) in [6.45, 7) is 0.811. The van der Waals surface area contributed by atoms with Crippen molar-refractivity contribution in [1.29, 1.82) is 0 Å². The van der Waals surface area contributed by atoms with Crippen LogP contribution in [0.4, 0.5) is 5.69 Å². The molecule has 1 aliphatic rings. The quantitative estimate of drug-likeness (QED) is 0.616. The van der Waals surface area contributed by atoms with E-state index in [1.165, 1.54) is 11.1 Å². The van der Waals surface area contributed by atoms with Gasteiger partial charge in [-0.15, -0.1) is 11.8 Å². The van der Waals surface area contributed by atoms with Crippen LogP contribution in [0.3, 0.4) is 0 Å². The first-order valence-corrected chi connectivity index (χ1v) is 5.01. The Hall–Kier alpha value is -0.960. The maximum atomic E-state index is 5.68. The largest absolute Gasteiger partial charge is 0.399 e. The summed E-state index contributed by atoms with van der Waals surface area (Å²) in [4.78, 5) is 4.39. The second kappa shape index (κ2) is 2.83. The molecule has 1 aromatic carbocycles. The van der Waals surface area contributed by atoms with Crippen molar-refractivity contribution in [3.8, 4) is 0 Å². The number of hydrogen-bond donors (Lipinski definition) is 1. The van der Waals surface area contributed by atoms with Gasteiger partial charge in [-0.25, -0.2) is 0 Å². The highest BCUT2D eigenvalue weighted by molar-refractivity contribution is 8.13. The summed E-state index contributed by atoms with van der Waals surface area (Å²) < 4.78 is 0. The van der Waals surface area contributed by atoms with Gasteiger partial charge in [0.15, 0.2) is 0 Å². The molecule has 0 aromatic heterocycles. The van der Waals surface area contributed by atoms with Gasteiger partial charge in [0, 0.05) is 11.3 Å². The fourth-order valence-corrected chi connectivity index (χ4v) is 1.95. The lowest BCUT2D eigenvalue weighted by atomic mass is 10.1. The van der Waals surface area contributed by atoms with Gasteiger partial charge in [-0.1, -0.05) is 6.07 Å². The van der Waals surface area contributed by atoms with Gasteiger partial charge in [0.05, 0.1) is 11.6 Å². The molecule has 1 aliphatic heterocycles. The highest BCUT2D eigenvalue weighted by Gasteiger charge is 2.14. The zero-order valence-corrected chi connectivity index (χ0v) is 7.69. The summed E-state index contributed by atoms with van der Waals surface area (Å²) in [5.41, 5.74) is 9.00. The number of benzene rings is 1. The molecular formula is C9H10N2S. The zero-order chi connectivity index (χ0) is 8.55. The summed E-state index contributed by atoms with van der Waals surface area (Å²) in [6, 6.07) is 5.98. The minimum absolute atomic E-state index is 0.811. The predicted octanol–water partition coefficient (Wildman–Crippen LogP) is 1.89. The molecule has 0 radical (unpaired) electrons. The number of nitrogens with zero attached hydrogens (tertiary/aromatic N) is 1. The standard InChI is InChI=1S/C9H10N2S/c1-12-9-8-4-7(10)3-2-6(8)5-11-9/h2-4H,5,10H2,1H3. The third kappa shape index (κ3) is 1.10. The Morgan fingerprint density at radius 1 is 1.50 bits per heavy atom. The average Bonchev–Trinajstić information content (AvgIpc) is 2.46. The summed E-state index contributed by atoms with van der Waals surface area (Å²) in [6.07, 6.45) is 2.04. The van der Waals surface area contributed by atoms with E-state index in [9.17, 15) is 0 Å². The second-order valence-corrected chi connectivity index (χ2v) is 3.54. The number of aliphatic imine (C=N–C) groups is 1. The van der Waals surface area contributed by atoms with Crippen LogP contribution >= 0.6 is 11.8 Å². The lowest BCUT2D eigenvalue weighted by molar-refractivity contribution is 1.11. The lowest BCUT2D eigenvalue weighted by Crippen LogP contribution is -1.94. The van der Waals surface area contributed by atoms with E-state index in [1.807, 2.05) is 18.4 Å². The number of hydrogen-bond acceptors (Lipinski definition) is 3. The number of fused-ring (bicyclic) bond motifs is 1. The van der Waals surface area contributed by atoms with Crippen LogP contribution in [0.25, 0.3) is 0 Å². The Labute approximate surface area is 75.9 Å².